The fourth-order valence-electron chi connectivity index (χ4n) is 7.50. The van der Waals surface area contributed by atoms with E-state index < -0.39 is 96.2 Å². The van der Waals surface area contributed by atoms with Crippen molar-refractivity contribution < 1.29 is 54.0 Å². The molecular weight excluding hydrogens is 915 g/mol. The van der Waals surface area contributed by atoms with Crippen molar-refractivity contribution in [2.75, 3.05) is 6.61 Å². The molecule has 0 saturated heterocycles. The number of rotatable bonds is 26. The highest BCUT2D eigenvalue weighted by Gasteiger charge is 2.35. The van der Waals surface area contributed by atoms with Gasteiger partial charge in [0.2, 0.25) is 35.4 Å². The number of hydrogen-bond donors (Lipinski definition) is 12. The van der Waals surface area contributed by atoms with E-state index in [-0.39, 0.29) is 43.6 Å². The van der Waals surface area contributed by atoms with E-state index in [4.69, 9.17) is 5.73 Å². The topological polar surface area (TPSA) is 327 Å². The molecule has 8 atom stereocenters. The number of aromatic nitrogens is 2. The standard InChI is InChI=1S/C51H61N9O11/c1-3-30(2)44(51(70)71)60-50(69)43(28-61)59-48(67)41(24-32-12-8-5-9-13-32)56-47(66)40(23-31-10-6-4-7-11-31)57-49(68)42(26-35-27-53-29-54-35)58-46(65)39(25-34-16-20-37(63)21-17-34)55-45(64)38(52)22-33-14-18-36(62)19-15-33/h4-21,27,29-30,38-44,61-63H,3,22-26,28,52H2,1-2H3,(H,53,54)(H,55,64)(H,56,66)(H,57,68)(H,58,65)(H,59,67)(H,60,69)(H,70,71)/t30-,38-,39-,40-,41-,42-,43-,44-/m0/s1. The number of phenolic OH excluding ortho intramolecular Hbond substituents is 2. The molecule has 5 rings (SSSR count). The highest BCUT2D eigenvalue weighted by Crippen LogP contribution is 2.15. The summed E-state index contributed by atoms with van der Waals surface area (Å²) in [6.45, 7) is 2.47. The van der Waals surface area contributed by atoms with E-state index in [1.54, 1.807) is 98.8 Å². The van der Waals surface area contributed by atoms with Crippen LogP contribution in [0, 0.1) is 5.92 Å². The molecule has 0 aliphatic carbocycles. The number of phenols is 2. The molecule has 4 aromatic carbocycles. The zero-order chi connectivity index (χ0) is 51.5. The second-order valence-corrected chi connectivity index (χ2v) is 17.2. The Hall–Kier alpha value is -8.10. The van der Waals surface area contributed by atoms with Gasteiger partial charge in [-0.1, -0.05) is 105 Å². The van der Waals surface area contributed by atoms with Crippen LogP contribution in [0.1, 0.15) is 48.2 Å². The zero-order valence-electron chi connectivity index (χ0n) is 39.3. The number of amides is 6. The lowest BCUT2D eigenvalue weighted by molar-refractivity contribution is -0.144. The fourth-order valence-corrected chi connectivity index (χ4v) is 7.50. The Morgan fingerprint density at radius 1 is 0.535 bits per heavy atom. The number of aromatic amines is 1. The first-order valence-electron chi connectivity index (χ1n) is 23.1. The molecule has 376 valence electrons. The number of carboxylic acids is 1. The number of hydrogen-bond acceptors (Lipinski definition) is 12. The first-order valence-corrected chi connectivity index (χ1v) is 23.1. The number of H-pyrrole nitrogens is 1. The number of carboxylic acid groups (broad SMARTS) is 1. The van der Waals surface area contributed by atoms with E-state index in [1.165, 1.54) is 36.8 Å². The Kier molecular flexibility index (Phi) is 20.2. The lowest BCUT2D eigenvalue weighted by Gasteiger charge is -2.28. The van der Waals surface area contributed by atoms with Crippen LogP contribution < -0.4 is 37.6 Å². The molecule has 0 radical (unpaired) electrons. The number of nitrogens with one attached hydrogen (secondary N) is 7. The van der Waals surface area contributed by atoms with Gasteiger partial charge in [-0.15, -0.1) is 0 Å². The highest BCUT2D eigenvalue weighted by atomic mass is 16.4. The minimum Gasteiger partial charge on any atom is -0.508 e. The third-order valence-corrected chi connectivity index (χ3v) is 11.8. The van der Waals surface area contributed by atoms with Crippen LogP contribution in [-0.4, -0.2) is 121 Å². The van der Waals surface area contributed by atoms with Crippen LogP contribution in [0.5, 0.6) is 11.5 Å². The summed E-state index contributed by atoms with van der Waals surface area (Å²) in [6.07, 6.45) is 2.82. The monoisotopic (exact) mass is 975 g/mol. The van der Waals surface area contributed by atoms with Gasteiger partial charge in [0.1, 0.15) is 47.8 Å². The predicted octanol–water partition coefficient (Wildman–Crippen LogP) is 0.693. The molecule has 0 aliphatic heterocycles. The maximum Gasteiger partial charge on any atom is 0.326 e. The summed E-state index contributed by atoms with van der Waals surface area (Å²) in [5.74, 6) is -6.81. The van der Waals surface area contributed by atoms with Crippen LogP contribution in [0.3, 0.4) is 0 Å². The predicted molar refractivity (Wildman–Crippen MR) is 260 cm³/mol. The van der Waals surface area contributed by atoms with Gasteiger partial charge in [-0.2, -0.15) is 0 Å². The van der Waals surface area contributed by atoms with Crippen molar-refractivity contribution in [2.24, 2.45) is 11.7 Å². The molecule has 0 bridgehead atoms. The van der Waals surface area contributed by atoms with Crippen LogP contribution in [0.15, 0.2) is 122 Å². The molecule has 1 aromatic heterocycles. The summed E-state index contributed by atoms with van der Waals surface area (Å²) in [5, 5.41) is 55.3. The molecule has 13 N–H and O–H groups in total. The van der Waals surface area contributed by atoms with Crippen LogP contribution in [0.4, 0.5) is 0 Å². The van der Waals surface area contributed by atoms with Crippen molar-refractivity contribution in [1.82, 2.24) is 41.9 Å². The zero-order valence-corrected chi connectivity index (χ0v) is 39.3. The van der Waals surface area contributed by atoms with Crippen molar-refractivity contribution in [1.29, 1.82) is 0 Å². The fraction of sp³-hybridized carbons (Fsp3) is 0.333. The van der Waals surface area contributed by atoms with E-state index in [0.29, 0.717) is 34.4 Å². The Bertz CT molecular complexity index is 2530. The summed E-state index contributed by atoms with van der Waals surface area (Å²) in [7, 11) is 0. The van der Waals surface area contributed by atoms with Crippen molar-refractivity contribution in [3.8, 4) is 11.5 Å². The Morgan fingerprint density at radius 2 is 0.915 bits per heavy atom. The van der Waals surface area contributed by atoms with Crippen LogP contribution >= 0.6 is 0 Å². The average molecular weight is 976 g/mol. The molecule has 1 heterocycles. The number of carbonyl (C=O) groups excluding carboxylic acids is 6. The first-order chi connectivity index (χ1) is 34.0. The molecule has 0 saturated carbocycles. The van der Waals surface area contributed by atoms with E-state index in [2.05, 4.69) is 41.9 Å². The number of carbonyl (C=O) groups is 7. The lowest BCUT2D eigenvalue weighted by atomic mass is 9.99. The van der Waals surface area contributed by atoms with Gasteiger partial charge in [0.15, 0.2) is 0 Å². The van der Waals surface area contributed by atoms with Gasteiger partial charge in [0, 0.05) is 37.6 Å². The molecule has 71 heavy (non-hydrogen) atoms. The smallest absolute Gasteiger partial charge is 0.326 e. The van der Waals surface area contributed by atoms with Crippen molar-refractivity contribution in [2.45, 2.75) is 94.7 Å². The largest absolute Gasteiger partial charge is 0.508 e. The Morgan fingerprint density at radius 3 is 1.31 bits per heavy atom. The first kappa shape index (κ1) is 53.8. The van der Waals surface area contributed by atoms with Crippen molar-refractivity contribution >= 4 is 41.4 Å². The minimum absolute atomic E-state index is 0.0276. The molecule has 0 spiro atoms. The van der Waals surface area contributed by atoms with Crippen LogP contribution in [0.2, 0.25) is 0 Å². The quantitative estimate of drug-likeness (QED) is 0.0364. The van der Waals surface area contributed by atoms with Gasteiger partial charge >= 0.3 is 5.97 Å². The molecule has 0 unspecified atom stereocenters. The Labute approximate surface area is 410 Å². The van der Waals surface area contributed by atoms with E-state index in [9.17, 15) is 54.0 Å². The van der Waals surface area contributed by atoms with Gasteiger partial charge in [-0.25, -0.2) is 9.78 Å². The van der Waals surface area contributed by atoms with E-state index in [0.717, 1.165) is 0 Å². The summed E-state index contributed by atoms with van der Waals surface area (Å²) in [5.41, 5.74) is 9.11. The van der Waals surface area contributed by atoms with Gasteiger partial charge in [0.05, 0.1) is 19.0 Å². The van der Waals surface area contributed by atoms with Crippen LogP contribution in [-0.2, 0) is 65.7 Å². The van der Waals surface area contributed by atoms with E-state index in [1.807, 2.05) is 0 Å². The van der Waals surface area contributed by atoms with E-state index >= 15 is 0 Å². The number of nitrogens with two attached hydrogens (primary N) is 1. The molecule has 5 aromatic rings. The number of aliphatic hydroxyl groups is 1. The molecular formula is C51H61N9O11. The molecule has 20 nitrogen and oxygen atoms in total. The van der Waals surface area contributed by atoms with Crippen molar-refractivity contribution in [3.05, 3.63) is 150 Å². The highest BCUT2D eigenvalue weighted by molar-refractivity contribution is 5.97. The van der Waals surface area contributed by atoms with Crippen molar-refractivity contribution in [3.63, 3.8) is 0 Å². The second-order valence-electron chi connectivity index (χ2n) is 17.2. The van der Waals surface area contributed by atoms with Gasteiger partial charge in [-0.05, 0) is 58.9 Å². The number of aliphatic hydroxyl groups excluding tert-OH is 1. The second kappa shape index (κ2) is 26.6. The maximum absolute atomic E-state index is 14.6. The average Bonchev–Trinajstić information content (AvgIpc) is 3.88. The minimum atomic E-state index is -1.60. The summed E-state index contributed by atoms with van der Waals surface area (Å²) < 4.78 is 0. The van der Waals surface area contributed by atoms with Gasteiger partial charge in [0.25, 0.3) is 0 Å². The maximum atomic E-state index is 14.6. The summed E-state index contributed by atoms with van der Waals surface area (Å²) >= 11 is 0. The third kappa shape index (κ3) is 16.8. The molecule has 0 aliphatic rings. The number of benzene rings is 4. The van der Waals surface area contributed by atoms with Gasteiger partial charge < -0.3 is 63.0 Å². The molecule has 0 fully saturated rings. The van der Waals surface area contributed by atoms with Gasteiger partial charge in [-0.3, -0.25) is 28.8 Å². The molecule has 20 heteroatoms. The number of nitrogens with zero attached hydrogens (tertiary/aromatic N) is 1. The number of aliphatic carboxylic acids is 1. The number of imidazole rings is 1. The molecule has 6 amide bonds. The normalized spacial score (nSPS) is 14.4. The SMILES string of the molecule is CC[C@H](C)[C@H](NC(=O)[C@H](CO)NC(=O)[C@H](Cc1ccccc1)NC(=O)[C@H](Cc1ccccc1)NC(=O)[C@H](Cc1cnc[nH]1)NC(=O)[C@H](Cc1ccc(O)cc1)NC(=O)[C@@H](N)Cc1ccc(O)cc1)C(=O)O. The lowest BCUT2D eigenvalue weighted by Crippen LogP contribution is -2.61. The summed E-state index contributed by atoms with van der Waals surface area (Å²) in [4.78, 5) is 103. The number of aromatic hydroxyl groups is 2. The third-order valence-electron chi connectivity index (χ3n) is 11.8. The van der Waals surface area contributed by atoms with Crippen LogP contribution in [0.25, 0.3) is 0 Å². The summed E-state index contributed by atoms with van der Waals surface area (Å²) in [6, 6.07) is 19.8. The Balaban J connectivity index is 1.41.